The number of benzene rings is 1. The number of nitrogens with zero attached hydrogens (tertiary/aromatic N) is 3. The number of ether oxygens (including phenoxy) is 1. The first-order valence-electron chi connectivity index (χ1n) is 10.0. The van der Waals surface area contributed by atoms with E-state index in [4.69, 9.17) is 14.1 Å². The summed E-state index contributed by atoms with van der Waals surface area (Å²) in [6, 6.07) is 8.11. The summed E-state index contributed by atoms with van der Waals surface area (Å²) >= 11 is 1.48. The molecule has 1 aliphatic rings. The molecule has 0 amide bonds. The van der Waals surface area contributed by atoms with Gasteiger partial charge in [-0.3, -0.25) is 9.69 Å². The van der Waals surface area contributed by atoms with Crippen LogP contribution in [0.1, 0.15) is 28.3 Å². The molecule has 0 fully saturated rings. The highest BCUT2D eigenvalue weighted by atomic mass is 32.2. The standard InChI is InChI=1S/C22H26N4O3S/c1-14-4-6-16(7-5-14)21-23-19(15(2)29-21)13-30-22-24-18-8-9-26(10-11-28-3)12-17(18)20(27)25-22/h4-7H,8-13H2,1-3H3,(H,24,25,27). The summed E-state index contributed by atoms with van der Waals surface area (Å²) in [5.41, 5.74) is 4.62. The number of aromatic nitrogens is 3. The minimum absolute atomic E-state index is 0.0539. The van der Waals surface area contributed by atoms with Gasteiger partial charge in [0.05, 0.1) is 23.6 Å². The average Bonchev–Trinajstić information content (AvgIpc) is 3.12. The maximum Gasteiger partial charge on any atom is 0.256 e. The van der Waals surface area contributed by atoms with E-state index in [1.807, 2.05) is 31.2 Å². The molecule has 0 unspecified atom stereocenters. The summed E-state index contributed by atoms with van der Waals surface area (Å²) in [5, 5.41) is 0.628. The molecule has 7 nitrogen and oxygen atoms in total. The van der Waals surface area contributed by atoms with Gasteiger partial charge >= 0.3 is 0 Å². The highest BCUT2D eigenvalue weighted by Crippen LogP contribution is 2.27. The molecule has 0 atom stereocenters. The summed E-state index contributed by atoms with van der Waals surface area (Å²) < 4.78 is 11.0. The van der Waals surface area contributed by atoms with E-state index in [9.17, 15) is 4.79 Å². The quantitative estimate of drug-likeness (QED) is 0.458. The Labute approximate surface area is 179 Å². The van der Waals surface area contributed by atoms with Crippen molar-refractivity contribution in [3.63, 3.8) is 0 Å². The van der Waals surface area contributed by atoms with Gasteiger partial charge in [-0.05, 0) is 26.0 Å². The maximum atomic E-state index is 12.6. The van der Waals surface area contributed by atoms with Crippen LogP contribution in [0, 0.1) is 13.8 Å². The third-order valence-corrected chi connectivity index (χ3v) is 6.16. The number of H-pyrrole nitrogens is 1. The van der Waals surface area contributed by atoms with Gasteiger partial charge in [0.15, 0.2) is 5.16 Å². The zero-order valence-corrected chi connectivity index (χ0v) is 18.3. The first-order chi connectivity index (χ1) is 14.5. The van der Waals surface area contributed by atoms with Gasteiger partial charge in [-0.1, -0.05) is 29.5 Å². The third-order valence-electron chi connectivity index (χ3n) is 5.27. The molecule has 3 aromatic rings. The number of oxazole rings is 1. The Morgan fingerprint density at radius 2 is 2.03 bits per heavy atom. The first kappa shape index (κ1) is 20.8. The lowest BCUT2D eigenvalue weighted by molar-refractivity contribution is 0.139. The Hall–Kier alpha value is -2.42. The molecule has 1 aromatic carbocycles. The van der Waals surface area contributed by atoms with Crippen LogP contribution < -0.4 is 5.56 Å². The zero-order chi connectivity index (χ0) is 21.1. The van der Waals surface area contributed by atoms with Crippen molar-refractivity contribution in [3.8, 4) is 11.5 Å². The van der Waals surface area contributed by atoms with Crippen molar-refractivity contribution in [1.82, 2.24) is 19.9 Å². The van der Waals surface area contributed by atoms with Crippen molar-refractivity contribution in [2.45, 2.75) is 37.7 Å². The van der Waals surface area contributed by atoms with E-state index < -0.39 is 0 Å². The van der Waals surface area contributed by atoms with Gasteiger partial charge in [0.2, 0.25) is 5.89 Å². The van der Waals surface area contributed by atoms with Crippen LogP contribution in [0.15, 0.2) is 38.6 Å². The number of methoxy groups -OCH3 is 1. The van der Waals surface area contributed by atoms with Crippen LogP contribution in [0.5, 0.6) is 0 Å². The maximum absolute atomic E-state index is 12.6. The molecule has 1 aliphatic heterocycles. The Kier molecular flexibility index (Phi) is 6.36. The summed E-state index contributed by atoms with van der Waals surface area (Å²) in [6.45, 7) is 6.96. The van der Waals surface area contributed by atoms with Crippen LogP contribution in [0.2, 0.25) is 0 Å². The van der Waals surface area contributed by atoms with Crippen LogP contribution in [-0.4, -0.2) is 46.7 Å². The van der Waals surface area contributed by atoms with Crippen molar-refractivity contribution < 1.29 is 9.15 Å². The number of hydrogen-bond donors (Lipinski definition) is 1. The SMILES string of the molecule is COCCN1CCc2nc(SCc3nc(-c4ccc(C)cc4)oc3C)[nH]c(=O)c2C1. The van der Waals surface area contributed by atoms with Crippen LogP contribution in [-0.2, 0) is 23.5 Å². The van der Waals surface area contributed by atoms with Gasteiger partial charge in [0.25, 0.3) is 5.56 Å². The Morgan fingerprint density at radius 1 is 1.23 bits per heavy atom. The fourth-order valence-corrected chi connectivity index (χ4v) is 4.34. The van der Waals surface area contributed by atoms with Crippen LogP contribution in [0.25, 0.3) is 11.5 Å². The van der Waals surface area contributed by atoms with E-state index in [0.717, 1.165) is 47.8 Å². The smallest absolute Gasteiger partial charge is 0.256 e. The van der Waals surface area contributed by atoms with Gasteiger partial charge < -0.3 is 14.1 Å². The fourth-order valence-electron chi connectivity index (χ4n) is 3.46. The van der Waals surface area contributed by atoms with Gasteiger partial charge in [-0.25, -0.2) is 9.97 Å². The monoisotopic (exact) mass is 426 g/mol. The lowest BCUT2D eigenvalue weighted by Gasteiger charge is -2.27. The van der Waals surface area contributed by atoms with E-state index in [1.54, 1.807) is 7.11 Å². The van der Waals surface area contributed by atoms with Crippen molar-refractivity contribution in [1.29, 1.82) is 0 Å². The lowest BCUT2D eigenvalue weighted by atomic mass is 10.1. The second kappa shape index (κ2) is 9.16. The van der Waals surface area contributed by atoms with E-state index in [0.29, 0.717) is 30.0 Å². The largest absolute Gasteiger partial charge is 0.441 e. The molecule has 0 saturated carbocycles. The molecule has 4 rings (SSSR count). The van der Waals surface area contributed by atoms with Crippen LogP contribution in [0.3, 0.4) is 0 Å². The fraction of sp³-hybridized carbons (Fsp3) is 0.409. The number of aryl methyl sites for hydroxylation is 2. The number of thioether (sulfide) groups is 1. The van der Waals surface area contributed by atoms with Crippen molar-refractivity contribution in [2.75, 3.05) is 26.8 Å². The molecule has 1 N–H and O–H groups in total. The van der Waals surface area contributed by atoms with Crippen LogP contribution >= 0.6 is 11.8 Å². The zero-order valence-electron chi connectivity index (χ0n) is 17.5. The summed E-state index contributed by atoms with van der Waals surface area (Å²) in [6.07, 6.45) is 0.775. The number of aromatic amines is 1. The molecule has 3 heterocycles. The predicted octanol–water partition coefficient (Wildman–Crippen LogP) is 3.34. The van der Waals surface area contributed by atoms with Gasteiger partial charge in [-0.15, -0.1) is 0 Å². The minimum atomic E-state index is -0.0539. The number of rotatable bonds is 7. The molecule has 0 saturated heterocycles. The third kappa shape index (κ3) is 4.66. The average molecular weight is 427 g/mol. The van der Waals surface area contributed by atoms with Gasteiger partial charge in [0.1, 0.15) is 5.76 Å². The molecule has 2 aromatic heterocycles. The predicted molar refractivity (Wildman–Crippen MR) is 117 cm³/mol. The van der Waals surface area contributed by atoms with Crippen LogP contribution in [0.4, 0.5) is 0 Å². The Balaban J connectivity index is 1.45. The highest BCUT2D eigenvalue weighted by Gasteiger charge is 2.21. The molecule has 0 bridgehead atoms. The summed E-state index contributed by atoms with van der Waals surface area (Å²) in [4.78, 5) is 27.1. The lowest BCUT2D eigenvalue weighted by Crippen LogP contribution is -2.37. The van der Waals surface area contributed by atoms with E-state index >= 15 is 0 Å². The van der Waals surface area contributed by atoms with Crippen molar-refractivity contribution >= 4 is 11.8 Å². The summed E-state index contributed by atoms with van der Waals surface area (Å²) in [7, 11) is 1.69. The highest BCUT2D eigenvalue weighted by molar-refractivity contribution is 7.98. The molecule has 30 heavy (non-hydrogen) atoms. The van der Waals surface area contributed by atoms with E-state index in [-0.39, 0.29) is 5.56 Å². The second-order valence-corrected chi connectivity index (χ2v) is 8.46. The minimum Gasteiger partial charge on any atom is -0.441 e. The van der Waals surface area contributed by atoms with Crippen molar-refractivity contribution in [2.24, 2.45) is 0 Å². The number of nitrogens with one attached hydrogen (secondary N) is 1. The Bertz CT molecular complexity index is 1070. The second-order valence-electron chi connectivity index (χ2n) is 7.49. The molecule has 0 spiro atoms. The van der Waals surface area contributed by atoms with Crippen molar-refractivity contribution in [3.05, 3.63) is 62.9 Å². The molecule has 158 valence electrons. The molecule has 8 heteroatoms. The van der Waals surface area contributed by atoms with E-state index in [2.05, 4.69) is 21.8 Å². The normalized spacial score (nSPS) is 14.1. The first-order valence-corrected chi connectivity index (χ1v) is 11.0. The molecular weight excluding hydrogens is 400 g/mol. The summed E-state index contributed by atoms with van der Waals surface area (Å²) in [5.74, 6) is 1.99. The molecular formula is C22H26N4O3S. The number of fused-ring (bicyclic) bond motifs is 1. The van der Waals surface area contributed by atoms with E-state index in [1.165, 1.54) is 17.3 Å². The topological polar surface area (TPSA) is 84.2 Å². The molecule has 0 radical (unpaired) electrons. The van der Waals surface area contributed by atoms with Gasteiger partial charge in [-0.2, -0.15) is 0 Å². The molecule has 0 aliphatic carbocycles. The Morgan fingerprint density at radius 3 is 2.80 bits per heavy atom. The number of hydrogen-bond acceptors (Lipinski definition) is 7. The van der Waals surface area contributed by atoms with Gasteiger partial charge in [0, 0.05) is 44.5 Å².